The standard InChI is InChI=1S/C21H25F3N4O3/c22-21(23,24)17-5-1-3-15(11-17)12-18-25-19(31-26-18)14-27-6-2-4-16(13-27)20(29)28-7-9-30-10-8-28/h1,3,5,11,16H,2,4,6-10,12-14H2/t16-/m0/s1. The molecule has 4 rings (SSSR count). The Morgan fingerprint density at radius 3 is 2.77 bits per heavy atom. The van der Waals surface area contributed by atoms with Gasteiger partial charge in [0.05, 0.1) is 31.2 Å². The summed E-state index contributed by atoms with van der Waals surface area (Å²) in [6.07, 6.45) is -2.46. The number of amides is 1. The van der Waals surface area contributed by atoms with E-state index in [9.17, 15) is 18.0 Å². The highest BCUT2D eigenvalue weighted by molar-refractivity contribution is 5.79. The van der Waals surface area contributed by atoms with Crippen LogP contribution in [0.5, 0.6) is 0 Å². The first-order valence-corrected chi connectivity index (χ1v) is 10.4. The molecule has 3 heterocycles. The molecule has 2 saturated heterocycles. The Balaban J connectivity index is 1.34. The lowest BCUT2D eigenvalue weighted by atomic mass is 9.96. The molecule has 2 aliphatic rings. The first kappa shape index (κ1) is 21.8. The first-order valence-electron chi connectivity index (χ1n) is 10.4. The van der Waals surface area contributed by atoms with Gasteiger partial charge < -0.3 is 14.2 Å². The van der Waals surface area contributed by atoms with Gasteiger partial charge in [0.15, 0.2) is 5.82 Å². The molecule has 0 saturated carbocycles. The van der Waals surface area contributed by atoms with Gasteiger partial charge in [0.2, 0.25) is 11.8 Å². The third kappa shape index (κ3) is 5.62. The number of aromatic nitrogens is 2. The molecule has 31 heavy (non-hydrogen) atoms. The molecular formula is C21H25F3N4O3. The highest BCUT2D eigenvalue weighted by Crippen LogP contribution is 2.30. The van der Waals surface area contributed by atoms with Crippen molar-refractivity contribution in [1.29, 1.82) is 0 Å². The quantitative estimate of drug-likeness (QED) is 0.715. The molecule has 1 amide bonds. The monoisotopic (exact) mass is 438 g/mol. The summed E-state index contributed by atoms with van der Waals surface area (Å²) in [6, 6.07) is 5.12. The topological polar surface area (TPSA) is 71.7 Å². The summed E-state index contributed by atoms with van der Waals surface area (Å²) in [4.78, 5) is 21.1. The Hall–Kier alpha value is -2.46. The summed E-state index contributed by atoms with van der Waals surface area (Å²) in [7, 11) is 0. The molecule has 2 aromatic rings. The summed E-state index contributed by atoms with van der Waals surface area (Å²) >= 11 is 0. The number of morpholine rings is 1. The molecule has 1 aromatic carbocycles. The van der Waals surface area contributed by atoms with E-state index in [0.29, 0.717) is 56.7 Å². The van der Waals surface area contributed by atoms with Crippen molar-refractivity contribution in [2.45, 2.75) is 32.0 Å². The number of halogens is 3. The molecule has 2 fully saturated rings. The van der Waals surface area contributed by atoms with Crippen LogP contribution in [0, 0.1) is 5.92 Å². The van der Waals surface area contributed by atoms with Gasteiger partial charge in [-0.15, -0.1) is 0 Å². The molecule has 0 spiro atoms. The van der Waals surface area contributed by atoms with Crippen LogP contribution in [0.4, 0.5) is 13.2 Å². The van der Waals surface area contributed by atoms with E-state index in [2.05, 4.69) is 15.0 Å². The summed E-state index contributed by atoms with van der Waals surface area (Å²) in [5, 5.41) is 3.91. The van der Waals surface area contributed by atoms with Gasteiger partial charge in [0.1, 0.15) is 0 Å². The maximum absolute atomic E-state index is 12.9. The van der Waals surface area contributed by atoms with E-state index in [-0.39, 0.29) is 18.2 Å². The van der Waals surface area contributed by atoms with Crippen LogP contribution in [-0.2, 0) is 28.7 Å². The van der Waals surface area contributed by atoms with Crippen molar-refractivity contribution < 1.29 is 27.2 Å². The average Bonchev–Trinajstić information content (AvgIpc) is 3.20. The maximum Gasteiger partial charge on any atom is 0.416 e. The molecule has 0 aliphatic carbocycles. The highest BCUT2D eigenvalue weighted by Gasteiger charge is 2.31. The van der Waals surface area contributed by atoms with Crippen LogP contribution in [0.1, 0.15) is 35.7 Å². The maximum atomic E-state index is 12.9. The fourth-order valence-corrected chi connectivity index (χ4v) is 4.10. The Morgan fingerprint density at radius 1 is 1.19 bits per heavy atom. The molecule has 1 atom stereocenters. The first-order chi connectivity index (χ1) is 14.9. The van der Waals surface area contributed by atoms with Gasteiger partial charge in [-0.2, -0.15) is 18.2 Å². The van der Waals surface area contributed by atoms with Crippen molar-refractivity contribution in [1.82, 2.24) is 19.9 Å². The Labute approximate surface area is 178 Å². The van der Waals surface area contributed by atoms with Crippen molar-refractivity contribution in [3.63, 3.8) is 0 Å². The van der Waals surface area contributed by atoms with Crippen LogP contribution in [0.25, 0.3) is 0 Å². The summed E-state index contributed by atoms with van der Waals surface area (Å²) in [5.74, 6) is 0.858. The van der Waals surface area contributed by atoms with E-state index in [4.69, 9.17) is 9.26 Å². The summed E-state index contributed by atoms with van der Waals surface area (Å²) in [6.45, 7) is 4.32. The Morgan fingerprint density at radius 2 is 2.00 bits per heavy atom. The zero-order chi connectivity index (χ0) is 21.8. The molecule has 7 nitrogen and oxygen atoms in total. The minimum atomic E-state index is -4.39. The molecule has 0 radical (unpaired) electrons. The number of piperidine rings is 1. The number of hydrogen-bond acceptors (Lipinski definition) is 6. The van der Waals surface area contributed by atoms with Crippen LogP contribution in [0.3, 0.4) is 0 Å². The lowest BCUT2D eigenvalue weighted by molar-refractivity contribution is -0.141. The lowest BCUT2D eigenvalue weighted by Crippen LogP contribution is -2.48. The number of carbonyl (C=O) groups is 1. The molecular weight excluding hydrogens is 413 g/mol. The van der Waals surface area contributed by atoms with Crippen LogP contribution in [-0.4, -0.2) is 65.2 Å². The van der Waals surface area contributed by atoms with Gasteiger partial charge in [-0.3, -0.25) is 9.69 Å². The Kier molecular flexibility index (Phi) is 6.57. The molecule has 2 aliphatic heterocycles. The number of ether oxygens (including phenoxy) is 1. The largest absolute Gasteiger partial charge is 0.416 e. The van der Waals surface area contributed by atoms with Crippen molar-refractivity contribution in [2.75, 3.05) is 39.4 Å². The average molecular weight is 438 g/mol. The van der Waals surface area contributed by atoms with Gasteiger partial charge in [0.25, 0.3) is 0 Å². The van der Waals surface area contributed by atoms with E-state index >= 15 is 0 Å². The van der Waals surface area contributed by atoms with Crippen molar-refractivity contribution in [2.24, 2.45) is 5.92 Å². The van der Waals surface area contributed by atoms with Crippen LogP contribution >= 0.6 is 0 Å². The van der Waals surface area contributed by atoms with Crippen molar-refractivity contribution in [3.05, 3.63) is 47.1 Å². The third-order valence-electron chi connectivity index (χ3n) is 5.66. The zero-order valence-corrected chi connectivity index (χ0v) is 17.1. The second-order valence-corrected chi connectivity index (χ2v) is 7.99. The fraction of sp³-hybridized carbons (Fsp3) is 0.571. The number of rotatable bonds is 5. The molecule has 0 N–H and O–H groups in total. The Bertz CT molecular complexity index is 896. The normalized spacial score (nSPS) is 20.7. The minimum Gasteiger partial charge on any atom is -0.378 e. The number of hydrogen-bond donors (Lipinski definition) is 0. The lowest BCUT2D eigenvalue weighted by Gasteiger charge is -2.35. The second-order valence-electron chi connectivity index (χ2n) is 7.99. The van der Waals surface area contributed by atoms with Gasteiger partial charge in [-0.25, -0.2) is 0 Å². The SMILES string of the molecule is O=C([C@H]1CCCN(Cc2nc(Cc3cccc(C(F)(F)F)c3)no2)C1)N1CCOCC1. The molecule has 0 bridgehead atoms. The zero-order valence-electron chi connectivity index (χ0n) is 17.1. The molecule has 168 valence electrons. The van der Waals surface area contributed by atoms with Crippen LogP contribution in [0.15, 0.2) is 28.8 Å². The summed E-state index contributed by atoms with van der Waals surface area (Å²) in [5.41, 5.74) is -0.227. The van der Waals surface area contributed by atoms with Gasteiger partial charge in [-0.05, 0) is 31.0 Å². The fourth-order valence-electron chi connectivity index (χ4n) is 4.10. The highest BCUT2D eigenvalue weighted by atomic mass is 19.4. The van der Waals surface area contributed by atoms with Gasteiger partial charge in [-0.1, -0.05) is 23.4 Å². The van der Waals surface area contributed by atoms with Gasteiger partial charge >= 0.3 is 6.18 Å². The van der Waals surface area contributed by atoms with E-state index in [1.54, 1.807) is 6.07 Å². The number of likely N-dealkylation sites (tertiary alicyclic amines) is 1. The number of nitrogens with zero attached hydrogens (tertiary/aromatic N) is 4. The molecule has 10 heteroatoms. The molecule has 0 unspecified atom stereocenters. The minimum absolute atomic E-state index is 0.0562. The van der Waals surface area contributed by atoms with E-state index in [0.717, 1.165) is 31.5 Å². The van der Waals surface area contributed by atoms with E-state index in [1.165, 1.54) is 6.07 Å². The van der Waals surface area contributed by atoms with E-state index in [1.807, 2.05) is 4.90 Å². The van der Waals surface area contributed by atoms with Crippen LogP contribution in [0.2, 0.25) is 0 Å². The van der Waals surface area contributed by atoms with E-state index < -0.39 is 11.7 Å². The summed E-state index contributed by atoms with van der Waals surface area (Å²) < 4.78 is 49.3. The predicted octanol–water partition coefficient (Wildman–Crippen LogP) is 2.75. The van der Waals surface area contributed by atoms with Crippen molar-refractivity contribution in [3.8, 4) is 0 Å². The molecule has 1 aromatic heterocycles. The third-order valence-corrected chi connectivity index (χ3v) is 5.66. The van der Waals surface area contributed by atoms with Gasteiger partial charge in [0, 0.05) is 26.1 Å². The predicted molar refractivity (Wildman–Crippen MR) is 104 cm³/mol. The smallest absolute Gasteiger partial charge is 0.378 e. The van der Waals surface area contributed by atoms with Crippen molar-refractivity contribution >= 4 is 5.91 Å². The number of alkyl halides is 3. The number of benzene rings is 1. The number of carbonyl (C=O) groups excluding carboxylic acids is 1. The second kappa shape index (κ2) is 9.35. The van der Waals surface area contributed by atoms with Crippen LogP contribution < -0.4 is 0 Å².